The largest absolute Gasteiger partial charge is 0.364 e. The molecule has 172 valence electrons. The number of H-pyrrole nitrogens is 1. The van der Waals surface area contributed by atoms with Crippen LogP contribution in [-0.2, 0) is 13.1 Å². The highest BCUT2D eigenvalue weighted by atomic mass is 19.2. The first-order chi connectivity index (χ1) is 17.0. The number of pyridine rings is 1. The van der Waals surface area contributed by atoms with E-state index in [1.165, 1.54) is 12.3 Å². The Morgan fingerprint density at radius 1 is 1.00 bits per heavy atom. The molecule has 0 aliphatic rings. The molecule has 5 rings (SSSR count). The molecule has 0 fully saturated rings. The Balaban J connectivity index is 1.42. The topological polar surface area (TPSA) is 120 Å². The van der Waals surface area contributed by atoms with Crippen molar-refractivity contribution < 1.29 is 13.8 Å². The Morgan fingerprint density at radius 2 is 1.80 bits per heavy atom. The number of aromatic amines is 1. The summed E-state index contributed by atoms with van der Waals surface area (Å²) in [6.45, 7) is 0.657. The minimum absolute atomic E-state index is 0.223. The van der Waals surface area contributed by atoms with Gasteiger partial charge in [0.1, 0.15) is 24.2 Å². The third kappa shape index (κ3) is 4.60. The van der Waals surface area contributed by atoms with E-state index in [0.29, 0.717) is 40.3 Å². The van der Waals surface area contributed by atoms with Gasteiger partial charge in [-0.05, 0) is 29.3 Å². The lowest BCUT2D eigenvalue weighted by Gasteiger charge is -2.05. The number of halogens is 2. The second-order valence-corrected chi connectivity index (χ2v) is 7.90. The monoisotopic (exact) mass is 469 g/mol. The van der Waals surface area contributed by atoms with Crippen molar-refractivity contribution in [1.82, 2.24) is 19.7 Å². The lowest BCUT2D eigenvalue weighted by Crippen LogP contribution is -2.10. The molecule has 0 spiro atoms. The van der Waals surface area contributed by atoms with Crippen molar-refractivity contribution in [3.8, 4) is 17.3 Å². The van der Waals surface area contributed by atoms with Crippen LogP contribution in [0.15, 0.2) is 67.1 Å². The lowest BCUT2D eigenvalue weighted by molar-refractivity contribution is -0.360. The second-order valence-electron chi connectivity index (χ2n) is 7.90. The van der Waals surface area contributed by atoms with E-state index in [0.717, 1.165) is 29.0 Å². The molecule has 3 aromatic heterocycles. The summed E-state index contributed by atoms with van der Waals surface area (Å²) >= 11 is 0. The van der Waals surface area contributed by atoms with Crippen molar-refractivity contribution in [1.29, 1.82) is 5.26 Å². The zero-order chi connectivity index (χ0) is 24.4. The number of rotatable bonds is 6. The van der Waals surface area contributed by atoms with E-state index in [-0.39, 0.29) is 6.54 Å². The van der Waals surface area contributed by atoms with Gasteiger partial charge in [-0.25, -0.2) is 28.4 Å². The van der Waals surface area contributed by atoms with Crippen LogP contribution in [0.4, 0.5) is 20.4 Å². The summed E-state index contributed by atoms with van der Waals surface area (Å²) in [7, 11) is 0. The minimum atomic E-state index is -0.913. The van der Waals surface area contributed by atoms with Gasteiger partial charge < -0.3 is 5.32 Å². The first-order valence-corrected chi connectivity index (χ1v) is 10.7. The maximum absolute atomic E-state index is 13.6. The molecule has 2 aromatic carbocycles. The van der Waals surface area contributed by atoms with Gasteiger partial charge in [0.25, 0.3) is 5.82 Å². The van der Waals surface area contributed by atoms with Gasteiger partial charge in [0.05, 0.1) is 17.5 Å². The zero-order valence-electron chi connectivity index (χ0n) is 18.3. The van der Waals surface area contributed by atoms with Crippen molar-refractivity contribution in [2.75, 3.05) is 11.1 Å². The van der Waals surface area contributed by atoms with Gasteiger partial charge in [0, 0.05) is 18.3 Å². The molecule has 35 heavy (non-hydrogen) atoms. The van der Waals surface area contributed by atoms with E-state index in [4.69, 9.17) is 5.73 Å². The Hall–Kier alpha value is -4.91. The molecule has 8 nitrogen and oxygen atoms in total. The molecule has 0 aliphatic heterocycles. The molecule has 10 heteroatoms. The van der Waals surface area contributed by atoms with Gasteiger partial charge in [-0.15, -0.1) is 0 Å². The van der Waals surface area contributed by atoms with Crippen LogP contribution in [0.5, 0.6) is 0 Å². The summed E-state index contributed by atoms with van der Waals surface area (Å²) < 4.78 is 28.5. The predicted molar refractivity (Wildman–Crippen MR) is 126 cm³/mol. The van der Waals surface area contributed by atoms with E-state index >= 15 is 0 Å². The Morgan fingerprint density at radius 3 is 2.51 bits per heavy atom. The van der Waals surface area contributed by atoms with E-state index in [2.05, 4.69) is 31.4 Å². The van der Waals surface area contributed by atoms with Gasteiger partial charge in [0.2, 0.25) is 0 Å². The maximum Gasteiger partial charge on any atom is 0.288 e. The first kappa shape index (κ1) is 21.9. The maximum atomic E-state index is 13.6. The SMILES string of the molecule is N#Cc1cnc2c(c1)c(NCc1ccc(F)c(F)c1)nn2Cc1ccc(-c2c[nH+]c(N)cn2)cc1. The summed E-state index contributed by atoms with van der Waals surface area (Å²) in [5.41, 5.74) is 9.88. The van der Waals surface area contributed by atoms with Gasteiger partial charge in [-0.1, -0.05) is 30.3 Å². The Bertz CT molecular complexity index is 1550. The summed E-state index contributed by atoms with van der Waals surface area (Å²) in [4.78, 5) is 11.7. The molecule has 0 bridgehead atoms. The number of anilines is 2. The van der Waals surface area contributed by atoms with Crippen LogP contribution in [0.2, 0.25) is 0 Å². The fourth-order valence-electron chi connectivity index (χ4n) is 3.67. The van der Waals surface area contributed by atoms with Crippen LogP contribution in [0.1, 0.15) is 16.7 Å². The molecule has 0 atom stereocenters. The summed E-state index contributed by atoms with van der Waals surface area (Å²) in [5.74, 6) is -0.837. The number of benzene rings is 2. The normalized spacial score (nSPS) is 10.9. The number of nitrogens with zero attached hydrogens (tertiary/aromatic N) is 5. The van der Waals surface area contributed by atoms with Crippen molar-refractivity contribution in [2.24, 2.45) is 0 Å². The molecule has 0 aliphatic carbocycles. The van der Waals surface area contributed by atoms with Crippen molar-refractivity contribution in [2.45, 2.75) is 13.1 Å². The fourth-order valence-corrected chi connectivity index (χ4v) is 3.67. The molecular weight excluding hydrogens is 450 g/mol. The molecule has 0 unspecified atom stereocenters. The number of aromatic nitrogens is 5. The quantitative estimate of drug-likeness (QED) is 0.391. The molecule has 0 amide bonds. The molecule has 4 N–H and O–H groups in total. The van der Waals surface area contributed by atoms with E-state index < -0.39 is 11.6 Å². The van der Waals surface area contributed by atoms with Gasteiger partial charge >= 0.3 is 0 Å². The average Bonchev–Trinajstić information content (AvgIpc) is 3.22. The van der Waals surface area contributed by atoms with Crippen molar-refractivity contribution >= 4 is 22.7 Å². The zero-order valence-corrected chi connectivity index (χ0v) is 18.3. The van der Waals surface area contributed by atoms with Gasteiger partial charge in [0.15, 0.2) is 23.1 Å². The number of nitriles is 1. The molecule has 0 radical (unpaired) electrons. The van der Waals surface area contributed by atoms with Crippen LogP contribution in [0, 0.1) is 23.0 Å². The van der Waals surface area contributed by atoms with Crippen molar-refractivity contribution in [3.63, 3.8) is 0 Å². The number of fused-ring (bicyclic) bond motifs is 1. The van der Waals surface area contributed by atoms with Crippen LogP contribution < -0.4 is 16.0 Å². The molecule has 0 saturated heterocycles. The standard InChI is InChI=1S/C25H18F2N8/c26-20-6-3-16(8-21(20)27)10-32-24-19-7-17(9-28)11-33-25(19)35(34-24)14-15-1-4-18(5-2-15)22-12-31-23(29)13-30-22/h1-8,11-13H,10,14H2,(H2,29,31)(H,32,34)/p+1. The van der Waals surface area contributed by atoms with Gasteiger partial charge in [-0.3, -0.25) is 5.73 Å². The number of nitrogen functional groups attached to an aromatic ring is 1. The number of hydrogen-bond donors (Lipinski definition) is 2. The van der Waals surface area contributed by atoms with E-state index in [1.54, 1.807) is 23.1 Å². The highest BCUT2D eigenvalue weighted by molar-refractivity contribution is 5.88. The average molecular weight is 469 g/mol. The van der Waals surface area contributed by atoms with Crippen molar-refractivity contribution in [3.05, 3.63) is 95.4 Å². The molecule has 0 saturated carbocycles. The summed E-state index contributed by atoms with van der Waals surface area (Å²) in [5, 5.41) is 17.7. The lowest BCUT2D eigenvalue weighted by atomic mass is 10.1. The predicted octanol–water partition coefficient (Wildman–Crippen LogP) is 3.70. The Labute approximate surface area is 198 Å². The smallest absolute Gasteiger partial charge is 0.288 e. The van der Waals surface area contributed by atoms with Gasteiger partial charge in [-0.2, -0.15) is 10.4 Å². The third-order valence-electron chi connectivity index (χ3n) is 5.46. The third-order valence-corrected chi connectivity index (χ3v) is 5.46. The number of nitrogens with two attached hydrogens (primary N) is 1. The highest BCUT2D eigenvalue weighted by Crippen LogP contribution is 2.25. The van der Waals surface area contributed by atoms with E-state index in [9.17, 15) is 14.0 Å². The minimum Gasteiger partial charge on any atom is -0.364 e. The summed E-state index contributed by atoms with van der Waals surface area (Å²) in [6.07, 6.45) is 4.80. The van der Waals surface area contributed by atoms with Crippen LogP contribution in [-0.4, -0.2) is 19.7 Å². The second kappa shape index (κ2) is 9.15. The fraction of sp³-hybridized carbons (Fsp3) is 0.0800. The molecule has 5 aromatic rings. The molecular formula is C25H19F2N8+. The highest BCUT2D eigenvalue weighted by Gasteiger charge is 2.14. The molecule has 3 heterocycles. The Kier molecular flexibility index (Phi) is 5.73. The van der Waals surface area contributed by atoms with E-state index in [1.807, 2.05) is 24.3 Å². The number of hydrogen-bond acceptors (Lipinski definition) is 6. The number of nitrogens with one attached hydrogen (secondary N) is 2. The summed E-state index contributed by atoms with van der Waals surface area (Å²) in [6, 6.07) is 15.4. The van der Waals surface area contributed by atoms with Crippen LogP contribution in [0.25, 0.3) is 22.3 Å². The van der Waals surface area contributed by atoms with Crippen LogP contribution in [0.3, 0.4) is 0 Å². The first-order valence-electron chi connectivity index (χ1n) is 10.7. The van der Waals surface area contributed by atoms with Crippen LogP contribution >= 0.6 is 0 Å².